The average molecular weight is 385 g/mol. The van der Waals surface area contributed by atoms with Gasteiger partial charge in [0.1, 0.15) is 5.82 Å². The Labute approximate surface area is 165 Å². The number of nitrogens with one attached hydrogen (secondary N) is 2. The first-order valence-electron chi connectivity index (χ1n) is 9.74. The molecule has 2 unspecified atom stereocenters. The Morgan fingerprint density at radius 1 is 1.14 bits per heavy atom. The number of ether oxygens (including phenoxy) is 1. The van der Waals surface area contributed by atoms with Crippen LogP contribution in [0.2, 0.25) is 0 Å². The standard InChI is InChI=1S/C22H28FN3O2/c1-16-13-26(14-17(2)28-16)15-19-7-3-4-9-21(19)25-22(27)24-11-10-18-6-5-8-20(23)12-18/h3-9,12,16-17H,10-11,13-15H2,1-2H3,(H2,24,25,27). The van der Waals surface area contributed by atoms with Gasteiger partial charge in [0.2, 0.25) is 0 Å². The van der Waals surface area contributed by atoms with Crippen LogP contribution < -0.4 is 10.6 Å². The van der Waals surface area contributed by atoms with Crippen molar-refractivity contribution in [2.45, 2.75) is 39.0 Å². The Balaban J connectivity index is 1.53. The molecule has 28 heavy (non-hydrogen) atoms. The van der Waals surface area contributed by atoms with E-state index >= 15 is 0 Å². The molecule has 0 radical (unpaired) electrons. The monoisotopic (exact) mass is 385 g/mol. The maximum Gasteiger partial charge on any atom is 0.319 e. The SMILES string of the molecule is CC1CN(Cc2ccccc2NC(=O)NCCc2cccc(F)c2)CC(C)O1. The van der Waals surface area contributed by atoms with Crippen LogP contribution in [-0.4, -0.2) is 42.8 Å². The smallest absolute Gasteiger partial charge is 0.319 e. The quantitative estimate of drug-likeness (QED) is 0.795. The number of morpholine rings is 1. The highest BCUT2D eigenvalue weighted by Gasteiger charge is 2.22. The zero-order valence-corrected chi connectivity index (χ0v) is 16.5. The van der Waals surface area contributed by atoms with Gasteiger partial charge in [-0.1, -0.05) is 30.3 Å². The van der Waals surface area contributed by atoms with E-state index in [1.165, 1.54) is 12.1 Å². The van der Waals surface area contributed by atoms with Gasteiger partial charge in [-0.3, -0.25) is 4.90 Å². The van der Waals surface area contributed by atoms with E-state index in [4.69, 9.17) is 4.74 Å². The third kappa shape index (κ3) is 6.04. The number of rotatable bonds is 6. The number of hydrogen-bond acceptors (Lipinski definition) is 3. The number of benzene rings is 2. The molecule has 2 aromatic carbocycles. The van der Waals surface area contributed by atoms with Crippen molar-refractivity contribution in [1.29, 1.82) is 0 Å². The first-order chi connectivity index (χ1) is 13.5. The third-order valence-corrected chi connectivity index (χ3v) is 4.74. The average Bonchev–Trinajstić information content (AvgIpc) is 2.62. The molecule has 2 atom stereocenters. The zero-order valence-electron chi connectivity index (χ0n) is 16.5. The maximum atomic E-state index is 13.2. The van der Waals surface area contributed by atoms with Crippen LogP contribution >= 0.6 is 0 Å². The largest absolute Gasteiger partial charge is 0.373 e. The van der Waals surface area contributed by atoms with E-state index in [2.05, 4.69) is 29.4 Å². The first-order valence-corrected chi connectivity index (χ1v) is 9.74. The molecule has 1 heterocycles. The van der Waals surface area contributed by atoms with Gasteiger partial charge in [-0.05, 0) is 49.6 Å². The predicted octanol–water partition coefficient (Wildman–Crippen LogP) is 3.80. The molecule has 5 nitrogen and oxygen atoms in total. The minimum atomic E-state index is -0.261. The molecule has 0 aliphatic carbocycles. The summed E-state index contributed by atoms with van der Waals surface area (Å²) >= 11 is 0. The van der Waals surface area contributed by atoms with E-state index in [-0.39, 0.29) is 24.1 Å². The van der Waals surface area contributed by atoms with Gasteiger partial charge in [-0.25, -0.2) is 9.18 Å². The highest BCUT2D eigenvalue weighted by atomic mass is 19.1. The molecular weight excluding hydrogens is 357 g/mol. The number of carbonyl (C=O) groups excluding carboxylic acids is 1. The van der Waals surface area contributed by atoms with Crippen LogP contribution in [0.3, 0.4) is 0 Å². The zero-order chi connectivity index (χ0) is 19.9. The maximum absolute atomic E-state index is 13.2. The molecule has 1 fully saturated rings. The summed E-state index contributed by atoms with van der Waals surface area (Å²) in [5, 5.41) is 5.78. The van der Waals surface area contributed by atoms with E-state index in [1.807, 2.05) is 30.3 Å². The van der Waals surface area contributed by atoms with Crippen molar-refractivity contribution in [2.75, 3.05) is 25.0 Å². The fraction of sp³-hybridized carbons (Fsp3) is 0.409. The number of nitrogens with zero attached hydrogens (tertiary/aromatic N) is 1. The van der Waals surface area contributed by atoms with Crippen LogP contribution in [-0.2, 0) is 17.7 Å². The van der Waals surface area contributed by atoms with Crippen molar-refractivity contribution in [1.82, 2.24) is 10.2 Å². The van der Waals surface area contributed by atoms with E-state index in [0.717, 1.165) is 36.4 Å². The summed E-state index contributed by atoms with van der Waals surface area (Å²) in [6.45, 7) is 7.11. The van der Waals surface area contributed by atoms with Gasteiger partial charge in [-0.15, -0.1) is 0 Å². The minimum Gasteiger partial charge on any atom is -0.373 e. The molecule has 0 saturated carbocycles. The molecule has 2 N–H and O–H groups in total. The molecule has 0 spiro atoms. The summed E-state index contributed by atoms with van der Waals surface area (Å²) in [7, 11) is 0. The number of halogens is 1. The van der Waals surface area contributed by atoms with E-state index in [9.17, 15) is 9.18 Å². The number of urea groups is 1. The van der Waals surface area contributed by atoms with Crippen molar-refractivity contribution in [3.05, 3.63) is 65.5 Å². The molecule has 1 aliphatic rings. The third-order valence-electron chi connectivity index (χ3n) is 4.74. The Kier molecular flexibility index (Phi) is 7.01. The Morgan fingerprint density at radius 2 is 1.89 bits per heavy atom. The van der Waals surface area contributed by atoms with E-state index in [0.29, 0.717) is 13.0 Å². The van der Waals surface area contributed by atoms with Crippen molar-refractivity contribution in [2.24, 2.45) is 0 Å². The normalized spacial score (nSPS) is 20.0. The topological polar surface area (TPSA) is 53.6 Å². The summed E-state index contributed by atoms with van der Waals surface area (Å²) in [5.41, 5.74) is 2.73. The van der Waals surface area contributed by atoms with Crippen molar-refractivity contribution in [3.8, 4) is 0 Å². The van der Waals surface area contributed by atoms with Crippen LogP contribution in [0, 0.1) is 5.82 Å². The fourth-order valence-electron chi connectivity index (χ4n) is 3.61. The van der Waals surface area contributed by atoms with Crippen molar-refractivity contribution < 1.29 is 13.9 Å². The van der Waals surface area contributed by atoms with Crippen LogP contribution in [0.5, 0.6) is 0 Å². The molecule has 6 heteroatoms. The van der Waals surface area contributed by atoms with Crippen LogP contribution in [0.1, 0.15) is 25.0 Å². The number of carbonyl (C=O) groups is 1. The van der Waals surface area contributed by atoms with Gasteiger partial charge < -0.3 is 15.4 Å². The summed E-state index contributed by atoms with van der Waals surface area (Å²) in [5.74, 6) is -0.261. The molecule has 3 rings (SSSR count). The second-order valence-electron chi connectivity index (χ2n) is 7.37. The van der Waals surface area contributed by atoms with Crippen LogP contribution in [0.4, 0.5) is 14.9 Å². The molecule has 0 aromatic heterocycles. The summed E-state index contributed by atoms with van der Waals surface area (Å²) in [6, 6.07) is 14.0. The first kappa shape index (κ1) is 20.3. The lowest BCUT2D eigenvalue weighted by Gasteiger charge is -2.35. The lowest BCUT2D eigenvalue weighted by molar-refractivity contribution is -0.0704. The van der Waals surface area contributed by atoms with Crippen LogP contribution in [0.25, 0.3) is 0 Å². The van der Waals surface area contributed by atoms with E-state index in [1.54, 1.807) is 6.07 Å². The number of para-hydroxylation sites is 1. The van der Waals surface area contributed by atoms with Gasteiger partial charge in [0.05, 0.1) is 12.2 Å². The molecule has 2 aromatic rings. The molecule has 1 saturated heterocycles. The molecule has 1 aliphatic heterocycles. The van der Waals surface area contributed by atoms with Gasteiger partial charge in [0, 0.05) is 31.9 Å². The van der Waals surface area contributed by atoms with Gasteiger partial charge in [-0.2, -0.15) is 0 Å². The summed E-state index contributed by atoms with van der Waals surface area (Å²) in [4.78, 5) is 14.6. The minimum absolute atomic E-state index is 0.204. The Morgan fingerprint density at radius 3 is 2.64 bits per heavy atom. The van der Waals surface area contributed by atoms with Gasteiger partial charge in [0.15, 0.2) is 0 Å². The van der Waals surface area contributed by atoms with Crippen molar-refractivity contribution in [3.63, 3.8) is 0 Å². The molecular formula is C22H28FN3O2. The Bertz CT molecular complexity index is 789. The summed E-state index contributed by atoms with van der Waals surface area (Å²) in [6.07, 6.45) is 0.987. The number of anilines is 1. The lowest BCUT2D eigenvalue weighted by Crippen LogP contribution is -2.45. The fourth-order valence-corrected chi connectivity index (χ4v) is 3.61. The van der Waals surface area contributed by atoms with Crippen LogP contribution in [0.15, 0.2) is 48.5 Å². The highest BCUT2D eigenvalue weighted by molar-refractivity contribution is 5.90. The Hall–Kier alpha value is -2.44. The summed E-state index contributed by atoms with van der Waals surface area (Å²) < 4.78 is 19.0. The molecule has 150 valence electrons. The predicted molar refractivity (Wildman–Crippen MR) is 109 cm³/mol. The molecule has 2 amide bonds. The van der Waals surface area contributed by atoms with Gasteiger partial charge >= 0.3 is 6.03 Å². The molecule has 0 bridgehead atoms. The number of amides is 2. The second kappa shape index (κ2) is 9.66. The lowest BCUT2D eigenvalue weighted by atomic mass is 10.1. The number of hydrogen-bond donors (Lipinski definition) is 2. The highest BCUT2D eigenvalue weighted by Crippen LogP contribution is 2.20. The van der Waals surface area contributed by atoms with Gasteiger partial charge in [0.25, 0.3) is 0 Å². The second-order valence-corrected chi connectivity index (χ2v) is 7.37. The van der Waals surface area contributed by atoms with E-state index < -0.39 is 0 Å². The van der Waals surface area contributed by atoms with Crippen molar-refractivity contribution >= 4 is 11.7 Å².